The zero-order valence-corrected chi connectivity index (χ0v) is 15.4. The van der Waals surface area contributed by atoms with Crippen LogP contribution in [0.1, 0.15) is 22.3 Å². The number of anilines is 2. The maximum atomic E-state index is 11.3. The van der Waals surface area contributed by atoms with Gasteiger partial charge < -0.3 is 10.6 Å². The summed E-state index contributed by atoms with van der Waals surface area (Å²) in [6, 6.07) is 18.1. The summed E-state index contributed by atoms with van der Waals surface area (Å²) in [6.45, 7) is 0.788. The first-order valence-corrected chi connectivity index (χ1v) is 9.01. The van der Waals surface area contributed by atoms with Crippen molar-refractivity contribution in [3.8, 4) is 12.1 Å². The van der Waals surface area contributed by atoms with Crippen molar-refractivity contribution in [3.63, 3.8) is 0 Å². The predicted molar refractivity (Wildman–Crippen MR) is 106 cm³/mol. The molecule has 8 nitrogen and oxygen atoms in total. The summed E-state index contributed by atoms with van der Waals surface area (Å²) >= 11 is 0.957. The lowest BCUT2D eigenvalue weighted by atomic mass is 10.1. The molecule has 0 saturated heterocycles. The molecule has 1 aromatic heterocycles. The van der Waals surface area contributed by atoms with Gasteiger partial charge in [0.2, 0.25) is 5.82 Å². The fraction of sp³-hybridized carbons (Fsp3) is 0.105. The van der Waals surface area contributed by atoms with Gasteiger partial charge in [0, 0.05) is 13.1 Å². The van der Waals surface area contributed by atoms with Crippen LogP contribution >= 0.6 is 11.3 Å². The van der Waals surface area contributed by atoms with E-state index >= 15 is 0 Å². The molecular weight excluding hydrogens is 376 g/mol. The minimum absolute atomic E-state index is 0.0732. The van der Waals surface area contributed by atoms with Crippen LogP contribution in [-0.4, -0.2) is 9.91 Å². The lowest BCUT2D eigenvalue weighted by molar-refractivity contribution is -0.379. The van der Waals surface area contributed by atoms with Crippen molar-refractivity contribution >= 4 is 27.3 Å². The molecule has 0 spiro atoms. The Hall–Kier alpha value is -3.95. The summed E-state index contributed by atoms with van der Waals surface area (Å²) in [5, 5.41) is 35.4. The first kappa shape index (κ1) is 18.8. The Morgan fingerprint density at radius 1 is 0.929 bits per heavy atom. The minimum atomic E-state index is -0.467. The van der Waals surface area contributed by atoms with Crippen molar-refractivity contribution in [2.75, 3.05) is 10.6 Å². The number of hydrogen-bond donors (Lipinski definition) is 2. The summed E-state index contributed by atoms with van der Waals surface area (Å²) in [5.41, 5.74) is 2.94. The Labute approximate surface area is 164 Å². The Morgan fingerprint density at radius 2 is 1.43 bits per heavy atom. The molecule has 1 heterocycles. The highest BCUT2D eigenvalue weighted by molar-refractivity contribution is 7.19. The van der Waals surface area contributed by atoms with Crippen LogP contribution in [0, 0.1) is 32.8 Å². The Bertz CT molecular complexity index is 1060. The van der Waals surface area contributed by atoms with E-state index in [-0.39, 0.29) is 10.8 Å². The number of benzene rings is 2. The molecule has 0 unspecified atom stereocenters. The smallest absolute Gasteiger partial charge is 0.359 e. The van der Waals surface area contributed by atoms with Crippen LogP contribution in [0.2, 0.25) is 0 Å². The summed E-state index contributed by atoms with van der Waals surface area (Å²) in [5.74, 6) is 0.196. The number of nitro groups is 1. The van der Waals surface area contributed by atoms with E-state index in [0.29, 0.717) is 29.3 Å². The highest BCUT2D eigenvalue weighted by Crippen LogP contribution is 2.35. The molecule has 0 aliphatic heterocycles. The topological polar surface area (TPSA) is 128 Å². The van der Waals surface area contributed by atoms with Crippen LogP contribution in [0.3, 0.4) is 0 Å². The molecule has 2 N–H and O–H groups in total. The highest BCUT2D eigenvalue weighted by Gasteiger charge is 2.21. The lowest BCUT2D eigenvalue weighted by Gasteiger charge is -2.04. The standard InChI is InChI=1S/C19H14N6O2S/c20-9-13-1-5-15(6-2-13)11-22-17-18(25(26)27)28-19(24-17)23-12-16-7-3-14(10-21)4-8-16/h1-8,22H,11-12H2,(H,23,24). The van der Waals surface area contributed by atoms with Gasteiger partial charge in [-0.2, -0.15) is 15.5 Å². The number of nitrogens with one attached hydrogen (secondary N) is 2. The van der Waals surface area contributed by atoms with Crippen LogP contribution in [0.15, 0.2) is 48.5 Å². The van der Waals surface area contributed by atoms with Crippen molar-refractivity contribution in [2.45, 2.75) is 13.1 Å². The molecular formula is C19H14N6O2S. The third-order valence-electron chi connectivity index (χ3n) is 3.84. The van der Waals surface area contributed by atoms with Crippen LogP contribution in [0.4, 0.5) is 16.0 Å². The van der Waals surface area contributed by atoms with E-state index in [0.717, 1.165) is 22.5 Å². The van der Waals surface area contributed by atoms with Crippen LogP contribution < -0.4 is 10.6 Å². The summed E-state index contributed by atoms with van der Waals surface area (Å²) in [7, 11) is 0. The first-order chi connectivity index (χ1) is 13.6. The Balaban J connectivity index is 1.67. The minimum Gasteiger partial charge on any atom is -0.359 e. The molecule has 138 valence electrons. The average Bonchev–Trinajstić information content (AvgIpc) is 3.15. The molecule has 0 saturated carbocycles. The molecule has 0 atom stereocenters. The van der Waals surface area contributed by atoms with Gasteiger partial charge in [-0.3, -0.25) is 10.1 Å². The molecule has 3 aromatic rings. The van der Waals surface area contributed by atoms with Gasteiger partial charge in [0.15, 0.2) is 5.13 Å². The maximum absolute atomic E-state index is 11.3. The van der Waals surface area contributed by atoms with Crippen LogP contribution in [0.25, 0.3) is 0 Å². The van der Waals surface area contributed by atoms with E-state index in [2.05, 4.69) is 21.7 Å². The summed E-state index contributed by atoms with van der Waals surface area (Å²) in [6.07, 6.45) is 0. The number of nitriles is 2. The van der Waals surface area contributed by atoms with Gasteiger partial charge >= 0.3 is 5.00 Å². The molecule has 9 heteroatoms. The van der Waals surface area contributed by atoms with Gasteiger partial charge in [0.1, 0.15) is 0 Å². The molecule has 2 aromatic carbocycles. The number of rotatable bonds is 7. The zero-order chi connectivity index (χ0) is 19.9. The number of thiazole rings is 1. The maximum Gasteiger partial charge on any atom is 0.369 e. The normalized spacial score (nSPS) is 9.93. The van der Waals surface area contributed by atoms with E-state index in [9.17, 15) is 10.1 Å². The number of hydrogen-bond acceptors (Lipinski definition) is 8. The third kappa shape index (κ3) is 4.61. The molecule has 0 amide bonds. The van der Waals surface area contributed by atoms with E-state index < -0.39 is 4.92 Å². The molecule has 0 aliphatic carbocycles. The van der Waals surface area contributed by atoms with Gasteiger partial charge in [-0.25, -0.2) is 0 Å². The van der Waals surface area contributed by atoms with E-state index in [1.54, 1.807) is 36.4 Å². The average molecular weight is 390 g/mol. The zero-order valence-electron chi connectivity index (χ0n) is 14.5. The monoisotopic (exact) mass is 390 g/mol. The number of nitrogens with zero attached hydrogens (tertiary/aromatic N) is 4. The largest absolute Gasteiger partial charge is 0.369 e. The second kappa shape index (κ2) is 8.62. The second-order valence-electron chi connectivity index (χ2n) is 5.75. The van der Waals surface area contributed by atoms with Crippen molar-refractivity contribution in [1.29, 1.82) is 10.5 Å². The van der Waals surface area contributed by atoms with Crippen molar-refractivity contribution in [1.82, 2.24) is 4.98 Å². The molecule has 0 radical (unpaired) electrons. The van der Waals surface area contributed by atoms with Crippen molar-refractivity contribution in [3.05, 3.63) is 80.9 Å². The van der Waals surface area contributed by atoms with Crippen molar-refractivity contribution in [2.24, 2.45) is 0 Å². The van der Waals surface area contributed by atoms with Gasteiger partial charge in [-0.1, -0.05) is 24.3 Å². The van der Waals surface area contributed by atoms with Gasteiger partial charge in [0.25, 0.3) is 0 Å². The Morgan fingerprint density at radius 3 is 1.89 bits per heavy atom. The van der Waals surface area contributed by atoms with Crippen LogP contribution in [-0.2, 0) is 13.1 Å². The van der Waals surface area contributed by atoms with Gasteiger partial charge in [-0.15, -0.1) is 0 Å². The fourth-order valence-electron chi connectivity index (χ4n) is 2.38. The quantitative estimate of drug-likeness (QED) is 0.460. The van der Waals surface area contributed by atoms with Gasteiger partial charge in [0.05, 0.1) is 28.2 Å². The first-order valence-electron chi connectivity index (χ1n) is 8.20. The van der Waals surface area contributed by atoms with Crippen molar-refractivity contribution < 1.29 is 4.92 Å². The third-order valence-corrected chi connectivity index (χ3v) is 4.81. The molecule has 0 aliphatic rings. The molecule has 0 fully saturated rings. The van der Waals surface area contributed by atoms with E-state index in [1.807, 2.05) is 18.2 Å². The molecule has 3 rings (SSSR count). The summed E-state index contributed by atoms with van der Waals surface area (Å²) < 4.78 is 0. The predicted octanol–water partition coefficient (Wildman–Crippen LogP) is 4.02. The Kier molecular flexibility index (Phi) is 5.80. The number of aromatic nitrogens is 1. The SMILES string of the molecule is N#Cc1ccc(CNc2nc(NCc3ccc(C#N)cc3)c([N+](=O)[O-])s2)cc1. The van der Waals surface area contributed by atoms with E-state index in [1.165, 1.54) is 0 Å². The van der Waals surface area contributed by atoms with Crippen LogP contribution in [0.5, 0.6) is 0 Å². The molecule has 0 bridgehead atoms. The van der Waals surface area contributed by atoms with E-state index in [4.69, 9.17) is 10.5 Å². The highest BCUT2D eigenvalue weighted by atomic mass is 32.1. The lowest BCUT2D eigenvalue weighted by Crippen LogP contribution is -2.03. The molecule has 28 heavy (non-hydrogen) atoms. The second-order valence-corrected chi connectivity index (χ2v) is 6.73. The fourth-order valence-corrected chi connectivity index (χ4v) is 3.14. The summed E-state index contributed by atoms with van der Waals surface area (Å²) in [4.78, 5) is 15.1. The van der Waals surface area contributed by atoms with Gasteiger partial charge in [-0.05, 0) is 46.7 Å².